The number of ether oxygens (including phenoxy) is 3. The van der Waals surface area contributed by atoms with Gasteiger partial charge in [-0.2, -0.15) is 0 Å². The van der Waals surface area contributed by atoms with E-state index in [9.17, 15) is 14.7 Å². The second-order valence-electron chi connectivity index (χ2n) is 8.70. The first-order chi connectivity index (χ1) is 12.9. The second kappa shape index (κ2) is 5.58. The van der Waals surface area contributed by atoms with Gasteiger partial charge in [-0.25, -0.2) is 4.79 Å². The number of carbonyl (C=O) groups is 2. The zero-order valence-corrected chi connectivity index (χ0v) is 15.4. The minimum atomic E-state index is -1.03. The predicted octanol–water partition coefficient (Wildman–Crippen LogP) is 1.99. The van der Waals surface area contributed by atoms with Crippen molar-refractivity contribution in [2.75, 3.05) is 7.11 Å². The summed E-state index contributed by atoms with van der Waals surface area (Å²) in [4.78, 5) is 25.5. The summed E-state index contributed by atoms with van der Waals surface area (Å²) in [7, 11) is 1.36. The molecule has 1 spiro atoms. The molecule has 1 N–H and O–H groups in total. The van der Waals surface area contributed by atoms with Gasteiger partial charge in [0, 0.05) is 23.3 Å². The fourth-order valence-electron chi connectivity index (χ4n) is 6.37. The fourth-order valence-corrected chi connectivity index (χ4v) is 6.37. The van der Waals surface area contributed by atoms with Crippen molar-refractivity contribution in [1.29, 1.82) is 0 Å². The molecule has 2 saturated heterocycles. The van der Waals surface area contributed by atoms with Crippen molar-refractivity contribution in [1.82, 2.24) is 0 Å². The van der Waals surface area contributed by atoms with E-state index >= 15 is 0 Å². The Labute approximate surface area is 156 Å². The van der Waals surface area contributed by atoms with Crippen LogP contribution in [0.15, 0.2) is 23.0 Å². The lowest BCUT2D eigenvalue weighted by atomic mass is 9.49. The first-order valence-corrected chi connectivity index (χ1v) is 9.56. The second-order valence-corrected chi connectivity index (χ2v) is 8.70. The Hall–Kier alpha value is -1.86. The number of hydrogen-bond acceptors (Lipinski definition) is 7. The maximum absolute atomic E-state index is 13.0. The van der Waals surface area contributed by atoms with Gasteiger partial charge in [-0.15, -0.1) is 0 Å². The van der Waals surface area contributed by atoms with Crippen LogP contribution in [0.1, 0.15) is 44.3 Å². The minimum Gasteiger partial charge on any atom is -0.472 e. The highest BCUT2D eigenvalue weighted by Crippen LogP contribution is 2.69. The van der Waals surface area contributed by atoms with Gasteiger partial charge in [0.2, 0.25) is 0 Å². The Bertz CT molecular complexity index is 773. The van der Waals surface area contributed by atoms with Crippen molar-refractivity contribution < 1.29 is 33.3 Å². The molecule has 1 aromatic heterocycles. The number of aliphatic hydroxyl groups excluding tert-OH is 1. The van der Waals surface area contributed by atoms with Crippen LogP contribution in [0.4, 0.5) is 0 Å². The van der Waals surface area contributed by atoms with E-state index < -0.39 is 23.0 Å². The Morgan fingerprint density at radius 2 is 2.15 bits per heavy atom. The fraction of sp³-hybridized carbons (Fsp3) is 0.700. The Kier molecular flexibility index (Phi) is 3.56. The molecule has 2 bridgehead atoms. The maximum Gasteiger partial charge on any atom is 0.339 e. The molecule has 146 valence electrons. The Morgan fingerprint density at radius 3 is 2.85 bits per heavy atom. The first kappa shape index (κ1) is 17.3. The molecule has 8 unspecified atom stereocenters. The number of carbonyl (C=O) groups excluding carboxylic acids is 2. The number of methoxy groups -OCH3 is 1. The molecular formula is C20H24O7. The molecule has 4 fully saturated rings. The monoisotopic (exact) mass is 376 g/mol. The predicted molar refractivity (Wildman–Crippen MR) is 90.2 cm³/mol. The molecule has 7 heteroatoms. The highest BCUT2D eigenvalue weighted by atomic mass is 16.6. The summed E-state index contributed by atoms with van der Waals surface area (Å²) in [6.45, 7) is 2.06. The third-order valence-corrected chi connectivity index (χ3v) is 7.60. The number of furan rings is 1. The van der Waals surface area contributed by atoms with Gasteiger partial charge in [-0.1, -0.05) is 6.92 Å². The van der Waals surface area contributed by atoms with Gasteiger partial charge in [-0.3, -0.25) is 4.79 Å². The lowest BCUT2D eigenvalue weighted by Crippen LogP contribution is -2.60. The van der Waals surface area contributed by atoms with Gasteiger partial charge in [0.15, 0.2) is 5.60 Å². The van der Waals surface area contributed by atoms with E-state index in [4.69, 9.17) is 18.6 Å². The SMILES string of the molecule is COC(=O)C1CC(O)CC2C1C1CC3(OC(c4ccoc4)CC23C)C(=O)O1. The molecule has 5 rings (SSSR count). The van der Waals surface area contributed by atoms with E-state index in [1.165, 1.54) is 7.11 Å². The van der Waals surface area contributed by atoms with Gasteiger partial charge in [-0.05, 0) is 31.2 Å². The Morgan fingerprint density at radius 1 is 1.33 bits per heavy atom. The molecule has 1 aromatic rings. The summed E-state index contributed by atoms with van der Waals surface area (Å²) in [5, 5.41) is 10.5. The first-order valence-electron chi connectivity index (χ1n) is 9.56. The summed E-state index contributed by atoms with van der Waals surface area (Å²) in [5.41, 5.74) is -0.663. The van der Waals surface area contributed by atoms with Crippen LogP contribution in [0.2, 0.25) is 0 Å². The van der Waals surface area contributed by atoms with Gasteiger partial charge in [0.05, 0.1) is 37.8 Å². The summed E-state index contributed by atoms with van der Waals surface area (Å²) in [6, 6.07) is 1.85. The van der Waals surface area contributed by atoms with Gasteiger partial charge in [0.25, 0.3) is 0 Å². The molecule has 8 atom stereocenters. The van der Waals surface area contributed by atoms with E-state index in [1.807, 2.05) is 6.07 Å². The van der Waals surface area contributed by atoms with Crippen molar-refractivity contribution >= 4 is 11.9 Å². The minimum absolute atomic E-state index is 0.0625. The average molecular weight is 376 g/mol. The van der Waals surface area contributed by atoms with Crippen LogP contribution < -0.4 is 0 Å². The van der Waals surface area contributed by atoms with Crippen LogP contribution in [-0.2, 0) is 23.8 Å². The molecule has 0 amide bonds. The standard InChI is InChI=1S/C20H24O7/c1-19-7-14(10-3-4-25-9-10)27-20(19)8-15(26-18(20)23)16-12(17(22)24-2)5-11(21)6-13(16)19/h3-4,9,11-16,21H,5-8H2,1-2H3. The largest absolute Gasteiger partial charge is 0.472 e. The van der Waals surface area contributed by atoms with E-state index in [1.54, 1.807) is 12.5 Å². The van der Waals surface area contributed by atoms with Crippen molar-refractivity contribution in [2.45, 2.75) is 56.5 Å². The topological polar surface area (TPSA) is 95.2 Å². The number of esters is 2. The lowest BCUT2D eigenvalue weighted by molar-refractivity contribution is -0.175. The molecule has 0 aromatic carbocycles. The average Bonchev–Trinajstić information content (AvgIpc) is 3.33. The maximum atomic E-state index is 13.0. The zero-order valence-electron chi connectivity index (χ0n) is 15.4. The van der Waals surface area contributed by atoms with Gasteiger partial charge >= 0.3 is 11.9 Å². The van der Waals surface area contributed by atoms with E-state index in [2.05, 4.69) is 6.92 Å². The summed E-state index contributed by atoms with van der Waals surface area (Å²) < 4.78 is 22.4. The molecule has 3 heterocycles. The third kappa shape index (κ3) is 2.10. The Balaban J connectivity index is 1.59. The van der Waals surface area contributed by atoms with Crippen LogP contribution in [0.25, 0.3) is 0 Å². The van der Waals surface area contributed by atoms with E-state index in [-0.39, 0.29) is 36.0 Å². The van der Waals surface area contributed by atoms with E-state index in [0.717, 1.165) is 5.56 Å². The molecule has 2 aliphatic carbocycles. The lowest BCUT2D eigenvalue weighted by Gasteiger charge is -2.53. The normalized spacial score (nSPS) is 47.9. The summed E-state index contributed by atoms with van der Waals surface area (Å²) in [5.74, 6) is -1.37. The van der Waals surface area contributed by atoms with Gasteiger partial charge in [0.1, 0.15) is 6.10 Å². The van der Waals surface area contributed by atoms with Crippen LogP contribution in [0, 0.1) is 23.2 Å². The van der Waals surface area contributed by atoms with Crippen LogP contribution >= 0.6 is 0 Å². The highest BCUT2D eigenvalue weighted by Gasteiger charge is 2.76. The summed E-state index contributed by atoms with van der Waals surface area (Å²) in [6.07, 6.45) is 3.93. The molecule has 4 aliphatic rings. The molecule has 0 radical (unpaired) electrons. The van der Waals surface area contributed by atoms with Crippen molar-refractivity contribution in [3.63, 3.8) is 0 Å². The van der Waals surface area contributed by atoms with Crippen molar-refractivity contribution in [3.8, 4) is 0 Å². The zero-order chi connectivity index (χ0) is 19.0. The van der Waals surface area contributed by atoms with Crippen molar-refractivity contribution in [2.24, 2.45) is 23.2 Å². The van der Waals surface area contributed by atoms with Crippen LogP contribution in [-0.4, -0.2) is 42.0 Å². The van der Waals surface area contributed by atoms with E-state index in [0.29, 0.717) is 25.7 Å². The van der Waals surface area contributed by atoms with Crippen molar-refractivity contribution in [3.05, 3.63) is 24.2 Å². The van der Waals surface area contributed by atoms with Crippen LogP contribution in [0.3, 0.4) is 0 Å². The molecule has 7 nitrogen and oxygen atoms in total. The number of rotatable bonds is 2. The number of fused-ring (bicyclic) bond motifs is 4. The number of hydrogen-bond donors (Lipinski definition) is 1. The molecule has 2 saturated carbocycles. The van der Waals surface area contributed by atoms with Gasteiger partial charge < -0.3 is 23.7 Å². The molecular weight excluding hydrogens is 352 g/mol. The smallest absolute Gasteiger partial charge is 0.339 e. The van der Waals surface area contributed by atoms with Crippen LogP contribution in [0.5, 0.6) is 0 Å². The molecule has 27 heavy (non-hydrogen) atoms. The number of aliphatic hydroxyl groups is 1. The summed E-state index contributed by atoms with van der Waals surface area (Å²) >= 11 is 0. The molecule has 2 aliphatic heterocycles. The quantitative estimate of drug-likeness (QED) is 0.789. The third-order valence-electron chi connectivity index (χ3n) is 7.60. The highest BCUT2D eigenvalue weighted by molar-refractivity contribution is 5.85.